The summed E-state index contributed by atoms with van der Waals surface area (Å²) in [5.41, 5.74) is 0.653. The molecule has 7 heteroatoms. The second-order valence-corrected chi connectivity index (χ2v) is 7.08. The Labute approximate surface area is 143 Å². The minimum Gasteiger partial charge on any atom is -0.444 e. The van der Waals surface area contributed by atoms with Crippen LogP contribution in [-0.4, -0.2) is 26.7 Å². The molecule has 4 rings (SSSR count). The number of oxazole rings is 1. The van der Waals surface area contributed by atoms with E-state index in [0.717, 1.165) is 17.1 Å². The molecular weight excluding hydrogens is 324 g/mol. The molecule has 1 amide bonds. The molecule has 3 aromatic heterocycles. The quantitative estimate of drug-likeness (QED) is 0.730. The lowest BCUT2D eigenvalue weighted by molar-refractivity contribution is -0.118. The molecule has 0 unspecified atom stereocenters. The Hall–Kier alpha value is -2.41. The molecule has 0 aromatic carbocycles. The number of rotatable bonds is 3. The van der Waals surface area contributed by atoms with E-state index in [0.29, 0.717) is 17.6 Å². The van der Waals surface area contributed by atoms with Gasteiger partial charge >= 0.3 is 0 Å². The number of amides is 1. The van der Waals surface area contributed by atoms with Crippen molar-refractivity contribution < 1.29 is 9.21 Å². The topological polar surface area (TPSA) is 64.2 Å². The van der Waals surface area contributed by atoms with Gasteiger partial charge in [-0.2, -0.15) is 5.10 Å². The summed E-state index contributed by atoms with van der Waals surface area (Å²) in [6.45, 7) is 4.20. The van der Waals surface area contributed by atoms with Gasteiger partial charge in [0.2, 0.25) is 11.8 Å². The SMILES string of the molecule is C[C@@H]1C[C@@H](C)n2nccc2N1C(=O)Cc1coc(-c2cccs2)n1. The van der Waals surface area contributed by atoms with E-state index in [4.69, 9.17) is 4.42 Å². The molecule has 4 heterocycles. The lowest BCUT2D eigenvalue weighted by Gasteiger charge is -2.36. The minimum absolute atomic E-state index is 0.0159. The van der Waals surface area contributed by atoms with Crippen molar-refractivity contribution in [1.82, 2.24) is 14.8 Å². The van der Waals surface area contributed by atoms with E-state index in [1.807, 2.05) is 33.2 Å². The Morgan fingerprint density at radius 3 is 3.04 bits per heavy atom. The molecule has 1 aliphatic rings. The smallest absolute Gasteiger partial charge is 0.236 e. The van der Waals surface area contributed by atoms with Crippen LogP contribution in [0.4, 0.5) is 5.82 Å². The Bertz CT molecular complexity index is 852. The van der Waals surface area contributed by atoms with Crippen LogP contribution < -0.4 is 4.90 Å². The van der Waals surface area contributed by atoms with Gasteiger partial charge in [0.15, 0.2) is 0 Å². The van der Waals surface area contributed by atoms with Crippen LogP contribution in [0.25, 0.3) is 10.8 Å². The summed E-state index contributed by atoms with van der Waals surface area (Å²) in [6, 6.07) is 6.23. The van der Waals surface area contributed by atoms with Crippen LogP contribution in [0.15, 0.2) is 40.5 Å². The summed E-state index contributed by atoms with van der Waals surface area (Å²) in [5.74, 6) is 1.44. The molecule has 0 fully saturated rings. The molecule has 1 aliphatic heterocycles. The first-order valence-corrected chi connectivity index (χ1v) is 8.85. The third-order valence-corrected chi connectivity index (χ3v) is 5.18. The van der Waals surface area contributed by atoms with Crippen LogP contribution in [0, 0.1) is 0 Å². The highest BCUT2D eigenvalue weighted by molar-refractivity contribution is 7.13. The number of fused-ring (bicyclic) bond motifs is 1. The molecule has 0 saturated carbocycles. The Kier molecular flexibility index (Phi) is 3.72. The van der Waals surface area contributed by atoms with Crippen molar-refractivity contribution in [3.05, 3.63) is 41.7 Å². The van der Waals surface area contributed by atoms with Crippen LogP contribution in [0.5, 0.6) is 0 Å². The molecule has 0 bridgehead atoms. The van der Waals surface area contributed by atoms with E-state index in [1.54, 1.807) is 23.8 Å². The minimum atomic E-state index is 0.0159. The van der Waals surface area contributed by atoms with Gasteiger partial charge in [0.25, 0.3) is 0 Å². The van der Waals surface area contributed by atoms with Crippen LogP contribution >= 0.6 is 11.3 Å². The number of aromatic nitrogens is 3. The van der Waals surface area contributed by atoms with Crippen molar-refractivity contribution in [2.24, 2.45) is 0 Å². The number of anilines is 1. The number of hydrogen-bond acceptors (Lipinski definition) is 5. The maximum Gasteiger partial charge on any atom is 0.236 e. The molecule has 124 valence electrons. The van der Waals surface area contributed by atoms with Crippen molar-refractivity contribution in [2.45, 2.75) is 38.8 Å². The predicted octanol–water partition coefficient (Wildman–Crippen LogP) is 3.53. The number of carbonyl (C=O) groups excluding carboxylic acids is 1. The zero-order valence-electron chi connectivity index (χ0n) is 13.5. The molecule has 0 N–H and O–H groups in total. The van der Waals surface area contributed by atoms with Gasteiger partial charge in [0.05, 0.1) is 29.2 Å². The molecule has 0 radical (unpaired) electrons. The summed E-state index contributed by atoms with van der Waals surface area (Å²) >= 11 is 1.57. The van der Waals surface area contributed by atoms with Gasteiger partial charge in [-0.25, -0.2) is 9.67 Å². The third kappa shape index (κ3) is 2.54. The van der Waals surface area contributed by atoms with Crippen molar-refractivity contribution in [3.8, 4) is 10.8 Å². The highest BCUT2D eigenvalue weighted by Crippen LogP contribution is 2.32. The molecule has 2 atom stereocenters. The summed E-state index contributed by atoms with van der Waals surface area (Å²) in [7, 11) is 0. The fourth-order valence-electron chi connectivity index (χ4n) is 3.28. The number of carbonyl (C=O) groups is 1. The fraction of sp³-hybridized carbons (Fsp3) is 0.353. The summed E-state index contributed by atoms with van der Waals surface area (Å²) in [4.78, 5) is 20.1. The molecule has 0 aliphatic carbocycles. The zero-order chi connectivity index (χ0) is 16.7. The molecule has 0 saturated heterocycles. The molecule has 6 nitrogen and oxygen atoms in total. The highest BCUT2D eigenvalue weighted by Gasteiger charge is 2.32. The first kappa shape index (κ1) is 15.1. The Morgan fingerprint density at radius 1 is 1.38 bits per heavy atom. The van der Waals surface area contributed by atoms with Crippen LogP contribution in [0.1, 0.15) is 32.0 Å². The first-order chi connectivity index (χ1) is 11.6. The molecule has 24 heavy (non-hydrogen) atoms. The van der Waals surface area contributed by atoms with Gasteiger partial charge in [-0.1, -0.05) is 6.07 Å². The van der Waals surface area contributed by atoms with Gasteiger partial charge in [0.1, 0.15) is 12.1 Å². The first-order valence-electron chi connectivity index (χ1n) is 7.97. The fourth-order valence-corrected chi connectivity index (χ4v) is 3.93. The number of nitrogens with zero attached hydrogens (tertiary/aromatic N) is 4. The van der Waals surface area contributed by atoms with Crippen molar-refractivity contribution in [3.63, 3.8) is 0 Å². The largest absolute Gasteiger partial charge is 0.444 e. The molecule has 0 spiro atoms. The van der Waals surface area contributed by atoms with Gasteiger partial charge < -0.3 is 4.42 Å². The number of thiophene rings is 1. The molecular formula is C17H18N4O2S. The van der Waals surface area contributed by atoms with Crippen LogP contribution in [0.3, 0.4) is 0 Å². The summed E-state index contributed by atoms with van der Waals surface area (Å²) in [5, 5.41) is 6.31. The maximum atomic E-state index is 12.8. The lowest BCUT2D eigenvalue weighted by Crippen LogP contribution is -2.45. The third-order valence-electron chi connectivity index (χ3n) is 4.32. The van der Waals surface area contributed by atoms with Gasteiger partial charge in [-0.3, -0.25) is 9.69 Å². The van der Waals surface area contributed by atoms with Crippen LogP contribution in [0.2, 0.25) is 0 Å². The van der Waals surface area contributed by atoms with E-state index >= 15 is 0 Å². The van der Waals surface area contributed by atoms with E-state index in [-0.39, 0.29) is 18.4 Å². The van der Waals surface area contributed by atoms with E-state index < -0.39 is 0 Å². The normalized spacial score (nSPS) is 20.2. The Balaban J connectivity index is 1.56. The number of hydrogen-bond donors (Lipinski definition) is 0. The molecule has 3 aromatic rings. The predicted molar refractivity (Wildman–Crippen MR) is 92.0 cm³/mol. The summed E-state index contributed by atoms with van der Waals surface area (Å²) in [6.07, 6.45) is 4.43. The second-order valence-electron chi connectivity index (χ2n) is 6.13. The van der Waals surface area contributed by atoms with E-state index in [9.17, 15) is 4.79 Å². The van der Waals surface area contributed by atoms with Gasteiger partial charge in [0, 0.05) is 12.1 Å². The van der Waals surface area contributed by atoms with Crippen molar-refractivity contribution >= 4 is 23.1 Å². The average Bonchev–Trinajstić information content (AvgIpc) is 3.28. The Morgan fingerprint density at radius 2 is 2.25 bits per heavy atom. The standard InChI is InChI=1S/C17H18N4O2S/c1-11-8-12(2)21-15(5-6-18-21)20(11)16(22)9-13-10-23-17(19-13)14-4-3-7-24-14/h3-7,10-12H,8-9H2,1-2H3/t11-,12-/m1/s1. The summed E-state index contributed by atoms with van der Waals surface area (Å²) < 4.78 is 7.42. The van der Waals surface area contributed by atoms with Crippen molar-refractivity contribution in [2.75, 3.05) is 4.90 Å². The van der Waals surface area contributed by atoms with E-state index in [1.165, 1.54) is 0 Å². The maximum absolute atomic E-state index is 12.8. The van der Waals surface area contributed by atoms with Crippen molar-refractivity contribution in [1.29, 1.82) is 0 Å². The van der Waals surface area contributed by atoms with Gasteiger partial charge in [-0.15, -0.1) is 11.3 Å². The second kappa shape index (κ2) is 5.90. The monoisotopic (exact) mass is 342 g/mol. The highest BCUT2D eigenvalue weighted by atomic mass is 32.1. The lowest BCUT2D eigenvalue weighted by atomic mass is 10.0. The van der Waals surface area contributed by atoms with E-state index in [2.05, 4.69) is 23.9 Å². The van der Waals surface area contributed by atoms with Gasteiger partial charge in [-0.05, 0) is 31.7 Å². The average molecular weight is 342 g/mol. The van der Waals surface area contributed by atoms with Crippen LogP contribution in [-0.2, 0) is 11.2 Å². The zero-order valence-corrected chi connectivity index (χ0v) is 14.4.